The Bertz CT molecular complexity index is 867. The Morgan fingerprint density at radius 3 is 2.50 bits per heavy atom. The average molecular weight is 383 g/mol. The number of fused-ring (bicyclic) bond motifs is 1. The molecule has 4 rings (SSSR count). The van der Waals surface area contributed by atoms with E-state index in [9.17, 15) is 9.59 Å². The van der Waals surface area contributed by atoms with Crippen molar-refractivity contribution in [2.24, 2.45) is 7.05 Å². The number of aromatic nitrogens is 1. The number of carbonyl (C=O) groups excluding carboxylic acids is 2. The highest BCUT2D eigenvalue weighted by atomic mass is 16.2. The van der Waals surface area contributed by atoms with Crippen molar-refractivity contribution in [3.8, 4) is 0 Å². The average Bonchev–Trinajstić information content (AvgIpc) is 3.05. The van der Waals surface area contributed by atoms with Gasteiger partial charge in [0.25, 0.3) is 5.91 Å². The smallest absolute Gasteiger partial charge is 0.270 e. The summed E-state index contributed by atoms with van der Waals surface area (Å²) < 4.78 is 1.98. The SMILES string of the molecule is C[C@@H]1CCCCN1C(=O)CN1CCN(C(=O)c2cc3ccccc3n2C)CC1. The minimum Gasteiger partial charge on any atom is -0.340 e. The normalized spacial score (nSPS) is 21.3. The molecule has 0 bridgehead atoms. The molecular formula is C22H30N4O2. The molecule has 3 heterocycles. The van der Waals surface area contributed by atoms with Crippen LogP contribution in [0.2, 0.25) is 0 Å². The van der Waals surface area contributed by atoms with Crippen molar-refractivity contribution in [1.29, 1.82) is 0 Å². The van der Waals surface area contributed by atoms with Crippen LogP contribution in [0.15, 0.2) is 30.3 Å². The quantitative estimate of drug-likeness (QED) is 0.819. The highest BCUT2D eigenvalue weighted by Crippen LogP contribution is 2.21. The van der Waals surface area contributed by atoms with Gasteiger partial charge in [-0.3, -0.25) is 14.5 Å². The fraction of sp³-hybridized carbons (Fsp3) is 0.545. The van der Waals surface area contributed by atoms with Gasteiger partial charge in [0, 0.05) is 56.7 Å². The molecule has 0 spiro atoms. The Labute approximate surface area is 166 Å². The Morgan fingerprint density at radius 2 is 1.79 bits per heavy atom. The first-order chi connectivity index (χ1) is 13.5. The number of amides is 2. The number of rotatable bonds is 3. The summed E-state index contributed by atoms with van der Waals surface area (Å²) in [5.41, 5.74) is 1.80. The number of hydrogen-bond donors (Lipinski definition) is 0. The van der Waals surface area contributed by atoms with Crippen molar-refractivity contribution in [1.82, 2.24) is 19.3 Å². The first-order valence-electron chi connectivity index (χ1n) is 10.4. The predicted octanol–water partition coefficient (Wildman–Crippen LogP) is 2.34. The second-order valence-corrected chi connectivity index (χ2v) is 8.15. The molecule has 28 heavy (non-hydrogen) atoms. The number of benzene rings is 1. The maximum Gasteiger partial charge on any atom is 0.270 e. The maximum atomic E-state index is 13.0. The van der Waals surface area contributed by atoms with E-state index in [0.29, 0.717) is 25.7 Å². The minimum atomic E-state index is 0.0781. The van der Waals surface area contributed by atoms with Crippen LogP contribution in [-0.4, -0.2) is 76.4 Å². The van der Waals surface area contributed by atoms with Gasteiger partial charge in [-0.1, -0.05) is 18.2 Å². The van der Waals surface area contributed by atoms with Gasteiger partial charge in [0.15, 0.2) is 0 Å². The van der Waals surface area contributed by atoms with E-state index in [-0.39, 0.29) is 11.8 Å². The van der Waals surface area contributed by atoms with Crippen LogP contribution in [0.25, 0.3) is 10.9 Å². The van der Waals surface area contributed by atoms with E-state index in [1.165, 1.54) is 6.42 Å². The molecule has 0 aliphatic carbocycles. The highest BCUT2D eigenvalue weighted by molar-refractivity contribution is 5.98. The number of carbonyl (C=O) groups is 2. The zero-order chi connectivity index (χ0) is 19.7. The summed E-state index contributed by atoms with van der Waals surface area (Å²) in [6.07, 6.45) is 3.45. The van der Waals surface area contributed by atoms with Gasteiger partial charge >= 0.3 is 0 Å². The molecule has 1 atom stereocenters. The van der Waals surface area contributed by atoms with Crippen molar-refractivity contribution in [3.05, 3.63) is 36.0 Å². The van der Waals surface area contributed by atoms with Crippen LogP contribution < -0.4 is 0 Å². The van der Waals surface area contributed by atoms with Gasteiger partial charge in [0.2, 0.25) is 5.91 Å². The molecule has 2 fully saturated rings. The molecule has 1 aromatic carbocycles. The molecule has 2 aromatic rings. The third-order valence-corrected chi connectivity index (χ3v) is 6.31. The van der Waals surface area contributed by atoms with Gasteiger partial charge in [-0.25, -0.2) is 0 Å². The lowest BCUT2D eigenvalue weighted by atomic mass is 10.0. The Morgan fingerprint density at radius 1 is 1.04 bits per heavy atom. The van der Waals surface area contributed by atoms with Gasteiger partial charge in [-0.05, 0) is 38.3 Å². The van der Waals surface area contributed by atoms with Crippen molar-refractivity contribution in [2.75, 3.05) is 39.3 Å². The number of nitrogens with zero attached hydrogens (tertiary/aromatic N) is 4. The van der Waals surface area contributed by atoms with Crippen molar-refractivity contribution >= 4 is 22.7 Å². The Kier molecular flexibility index (Phi) is 5.40. The fourth-order valence-corrected chi connectivity index (χ4v) is 4.52. The summed E-state index contributed by atoms with van der Waals surface area (Å²) in [4.78, 5) is 31.8. The lowest BCUT2D eigenvalue weighted by molar-refractivity contribution is -0.136. The Balaban J connectivity index is 1.35. The molecule has 2 aliphatic heterocycles. The van der Waals surface area contributed by atoms with E-state index >= 15 is 0 Å². The summed E-state index contributed by atoms with van der Waals surface area (Å²) in [7, 11) is 1.95. The summed E-state index contributed by atoms with van der Waals surface area (Å²) >= 11 is 0. The van der Waals surface area contributed by atoms with Crippen LogP contribution in [-0.2, 0) is 11.8 Å². The fourth-order valence-electron chi connectivity index (χ4n) is 4.52. The zero-order valence-electron chi connectivity index (χ0n) is 16.9. The summed E-state index contributed by atoms with van der Waals surface area (Å²) in [6, 6.07) is 10.4. The monoisotopic (exact) mass is 382 g/mol. The number of piperazine rings is 1. The van der Waals surface area contributed by atoms with Crippen LogP contribution in [0.3, 0.4) is 0 Å². The summed E-state index contributed by atoms with van der Waals surface area (Å²) in [6.45, 7) is 6.36. The standard InChI is InChI=1S/C22H30N4O2/c1-17-7-5-6-10-26(17)21(27)16-24-11-13-25(14-12-24)22(28)20-15-18-8-3-4-9-19(18)23(20)2/h3-4,8-9,15,17H,5-7,10-14,16H2,1-2H3/t17-/m1/s1. The Hall–Kier alpha value is -2.34. The van der Waals surface area contributed by atoms with E-state index in [1.807, 2.05) is 51.7 Å². The van der Waals surface area contributed by atoms with Crippen molar-refractivity contribution in [2.45, 2.75) is 32.2 Å². The molecule has 1 aromatic heterocycles. The van der Waals surface area contributed by atoms with E-state index in [0.717, 1.165) is 49.1 Å². The molecule has 6 nitrogen and oxygen atoms in total. The van der Waals surface area contributed by atoms with E-state index in [4.69, 9.17) is 0 Å². The molecule has 0 unspecified atom stereocenters. The second kappa shape index (κ2) is 7.95. The molecule has 2 aliphatic rings. The zero-order valence-corrected chi connectivity index (χ0v) is 16.9. The molecule has 150 valence electrons. The third-order valence-electron chi connectivity index (χ3n) is 6.31. The van der Waals surface area contributed by atoms with Gasteiger partial charge in [0.05, 0.1) is 6.54 Å². The van der Waals surface area contributed by atoms with Crippen LogP contribution in [0.5, 0.6) is 0 Å². The maximum absolute atomic E-state index is 13.0. The van der Waals surface area contributed by atoms with Crippen molar-refractivity contribution in [3.63, 3.8) is 0 Å². The molecule has 2 amide bonds. The van der Waals surface area contributed by atoms with E-state index in [1.54, 1.807) is 0 Å². The second-order valence-electron chi connectivity index (χ2n) is 8.15. The van der Waals surface area contributed by atoms with Gasteiger partial charge in [-0.15, -0.1) is 0 Å². The first-order valence-corrected chi connectivity index (χ1v) is 10.4. The van der Waals surface area contributed by atoms with Gasteiger partial charge in [0.1, 0.15) is 5.69 Å². The van der Waals surface area contributed by atoms with E-state index in [2.05, 4.69) is 11.8 Å². The number of likely N-dealkylation sites (tertiary alicyclic amines) is 1. The number of para-hydroxylation sites is 1. The molecule has 0 saturated carbocycles. The summed E-state index contributed by atoms with van der Waals surface area (Å²) in [5.74, 6) is 0.315. The number of hydrogen-bond acceptors (Lipinski definition) is 3. The molecule has 6 heteroatoms. The molecule has 2 saturated heterocycles. The lowest BCUT2D eigenvalue weighted by Crippen LogP contribution is -2.53. The predicted molar refractivity (Wildman–Crippen MR) is 110 cm³/mol. The van der Waals surface area contributed by atoms with Gasteiger partial charge < -0.3 is 14.4 Å². The van der Waals surface area contributed by atoms with Crippen LogP contribution in [0.1, 0.15) is 36.7 Å². The van der Waals surface area contributed by atoms with Crippen LogP contribution in [0.4, 0.5) is 0 Å². The highest BCUT2D eigenvalue weighted by Gasteiger charge is 2.28. The van der Waals surface area contributed by atoms with Crippen LogP contribution >= 0.6 is 0 Å². The van der Waals surface area contributed by atoms with Gasteiger partial charge in [-0.2, -0.15) is 0 Å². The number of aryl methyl sites for hydroxylation is 1. The molecule has 0 radical (unpaired) electrons. The van der Waals surface area contributed by atoms with E-state index < -0.39 is 0 Å². The molecule has 0 N–H and O–H groups in total. The third kappa shape index (κ3) is 3.65. The van der Waals surface area contributed by atoms with Crippen molar-refractivity contribution < 1.29 is 9.59 Å². The summed E-state index contributed by atoms with van der Waals surface area (Å²) in [5, 5.41) is 1.09. The minimum absolute atomic E-state index is 0.0781. The topological polar surface area (TPSA) is 48.8 Å². The number of piperidine rings is 1. The van der Waals surface area contributed by atoms with Crippen LogP contribution in [0, 0.1) is 0 Å². The largest absolute Gasteiger partial charge is 0.340 e. The molecular weight excluding hydrogens is 352 g/mol. The lowest BCUT2D eigenvalue weighted by Gasteiger charge is -2.38. The first kappa shape index (κ1) is 19.0.